The van der Waals surface area contributed by atoms with E-state index in [0.29, 0.717) is 22.5 Å². The van der Waals surface area contributed by atoms with Crippen LogP contribution in [0.2, 0.25) is 0 Å². The van der Waals surface area contributed by atoms with E-state index in [9.17, 15) is 9.65 Å². The van der Waals surface area contributed by atoms with E-state index in [-0.39, 0.29) is 19.0 Å². The van der Waals surface area contributed by atoms with Gasteiger partial charge in [-0.1, -0.05) is 24.3 Å². The van der Waals surface area contributed by atoms with E-state index in [0.717, 1.165) is 5.69 Å². The number of nitriles is 1. The van der Waals surface area contributed by atoms with Crippen molar-refractivity contribution >= 4 is 0 Å². The molecule has 0 aliphatic carbocycles. The summed E-state index contributed by atoms with van der Waals surface area (Å²) in [5.41, 5.74) is 2.81. The van der Waals surface area contributed by atoms with Gasteiger partial charge in [-0.25, -0.2) is 9.07 Å². The number of nitrogens with zero attached hydrogens (tertiary/aromatic N) is 3. The fourth-order valence-electron chi connectivity index (χ4n) is 2.54. The molecule has 0 atom stereocenters. The second-order valence-corrected chi connectivity index (χ2v) is 5.48. The number of aliphatic hydroxyl groups is 1. The minimum atomic E-state index is -0.562. The summed E-state index contributed by atoms with van der Waals surface area (Å²) in [7, 11) is 0. The molecule has 0 saturated heterocycles. The molecule has 0 radical (unpaired) electrons. The topological polar surface area (TPSA) is 71.1 Å². The van der Waals surface area contributed by atoms with Crippen molar-refractivity contribution in [2.75, 3.05) is 0 Å². The Bertz CT molecular complexity index is 930. The molecule has 5 nitrogen and oxygen atoms in total. The van der Waals surface area contributed by atoms with E-state index in [1.165, 1.54) is 12.1 Å². The number of aryl methyl sites for hydroxylation is 1. The van der Waals surface area contributed by atoms with Crippen molar-refractivity contribution in [3.63, 3.8) is 0 Å². The van der Waals surface area contributed by atoms with Crippen molar-refractivity contribution in [2.24, 2.45) is 0 Å². The zero-order valence-electron chi connectivity index (χ0n) is 13.6. The Balaban J connectivity index is 1.93. The Morgan fingerprint density at radius 1 is 1.24 bits per heavy atom. The number of aromatic nitrogens is 2. The van der Waals surface area contributed by atoms with Crippen molar-refractivity contribution in [1.29, 1.82) is 5.26 Å². The number of hydrogen-bond acceptors (Lipinski definition) is 4. The Morgan fingerprint density at radius 2 is 2.00 bits per heavy atom. The van der Waals surface area contributed by atoms with E-state index in [1.807, 2.05) is 30.3 Å². The lowest BCUT2D eigenvalue weighted by atomic mass is 10.2. The molecule has 0 saturated carbocycles. The molecular weight excluding hydrogens is 321 g/mol. The van der Waals surface area contributed by atoms with Gasteiger partial charge < -0.3 is 9.84 Å². The Labute approximate surface area is 144 Å². The normalized spacial score (nSPS) is 10.5. The molecule has 0 aliphatic heterocycles. The Kier molecular flexibility index (Phi) is 4.78. The van der Waals surface area contributed by atoms with E-state index in [2.05, 4.69) is 11.2 Å². The van der Waals surface area contributed by atoms with Crippen LogP contribution in [0.5, 0.6) is 5.75 Å². The van der Waals surface area contributed by atoms with Crippen LogP contribution in [0.25, 0.3) is 5.69 Å². The lowest BCUT2D eigenvalue weighted by molar-refractivity contribution is 0.274. The molecule has 1 aromatic heterocycles. The molecule has 0 aliphatic rings. The molecule has 126 valence electrons. The molecule has 25 heavy (non-hydrogen) atoms. The standard InChI is InChI=1S/C19H16FN3O2/c1-13-16(10-21)18(23(22-13)15-5-3-2-4-6-15)12-25-19-8-7-14(11-24)9-17(19)20/h2-9,24H,11-12H2,1H3. The zero-order chi connectivity index (χ0) is 17.8. The van der Waals surface area contributed by atoms with Gasteiger partial charge in [0.15, 0.2) is 11.6 Å². The monoisotopic (exact) mass is 337 g/mol. The van der Waals surface area contributed by atoms with E-state index in [1.54, 1.807) is 17.7 Å². The summed E-state index contributed by atoms with van der Waals surface area (Å²) in [6.45, 7) is 1.50. The van der Waals surface area contributed by atoms with Crippen molar-refractivity contribution in [2.45, 2.75) is 20.1 Å². The number of aliphatic hydroxyl groups excluding tert-OH is 1. The van der Waals surface area contributed by atoms with Crippen LogP contribution in [-0.4, -0.2) is 14.9 Å². The molecule has 6 heteroatoms. The Morgan fingerprint density at radius 3 is 2.64 bits per heavy atom. The minimum absolute atomic E-state index is 0.00593. The first-order valence-corrected chi connectivity index (χ1v) is 7.70. The highest BCUT2D eigenvalue weighted by molar-refractivity contribution is 5.43. The van der Waals surface area contributed by atoms with Crippen molar-refractivity contribution in [3.8, 4) is 17.5 Å². The van der Waals surface area contributed by atoms with Gasteiger partial charge in [-0.3, -0.25) is 0 Å². The predicted molar refractivity (Wildman–Crippen MR) is 89.7 cm³/mol. The number of benzene rings is 2. The summed E-state index contributed by atoms with van der Waals surface area (Å²) < 4.78 is 21.2. The smallest absolute Gasteiger partial charge is 0.165 e. The molecule has 0 fully saturated rings. The van der Waals surface area contributed by atoms with Crippen LogP contribution in [0.15, 0.2) is 48.5 Å². The van der Waals surface area contributed by atoms with Crippen molar-refractivity contribution < 1.29 is 14.2 Å². The third-order valence-corrected chi connectivity index (χ3v) is 3.81. The summed E-state index contributed by atoms with van der Waals surface area (Å²) in [5, 5.41) is 22.9. The van der Waals surface area contributed by atoms with Gasteiger partial charge in [0.1, 0.15) is 18.2 Å². The molecule has 0 unspecified atom stereocenters. The summed E-state index contributed by atoms with van der Waals surface area (Å²) in [4.78, 5) is 0. The molecular formula is C19H16FN3O2. The van der Waals surface area contributed by atoms with Gasteiger partial charge in [-0.2, -0.15) is 10.4 Å². The highest BCUT2D eigenvalue weighted by atomic mass is 19.1. The van der Waals surface area contributed by atoms with Gasteiger partial charge in [-0.15, -0.1) is 0 Å². The third-order valence-electron chi connectivity index (χ3n) is 3.81. The van der Waals surface area contributed by atoms with Crippen LogP contribution in [0.3, 0.4) is 0 Å². The van der Waals surface area contributed by atoms with Gasteiger partial charge in [-0.05, 0) is 36.8 Å². The molecule has 0 bridgehead atoms. The highest BCUT2D eigenvalue weighted by Gasteiger charge is 2.17. The van der Waals surface area contributed by atoms with E-state index >= 15 is 0 Å². The summed E-state index contributed by atoms with van der Waals surface area (Å²) in [5.74, 6) is -0.507. The van der Waals surface area contributed by atoms with E-state index < -0.39 is 5.82 Å². The number of rotatable bonds is 5. The second kappa shape index (κ2) is 7.16. The van der Waals surface area contributed by atoms with Crippen molar-refractivity contribution in [3.05, 3.63) is 76.9 Å². The summed E-state index contributed by atoms with van der Waals surface area (Å²) >= 11 is 0. The fourth-order valence-corrected chi connectivity index (χ4v) is 2.54. The average molecular weight is 337 g/mol. The predicted octanol–water partition coefficient (Wildman–Crippen LogP) is 3.26. The van der Waals surface area contributed by atoms with Crippen LogP contribution >= 0.6 is 0 Å². The van der Waals surface area contributed by atoms with Gasteiger partial charge in [0.05, 0.1) is 23.7 Å². The summed E-state index contributed by atoms with van der Waals surface area (Å²) in [6, 6.07) is 15.8. The van der Waals surface area contributed by atoms with Gasteiger partial charge in [0, 0.05) is 0 Å². The van der Waals surface area contributed by atoms with Crippen molar-refractivity contribution in [1.82, 2.24) is 9.78 Å². The number of ether oxygens (including phenoxy) is 1. The quantitative estimate of drug-likeness (QED) is 0.776. The maximum absolute atomic E-state index is 14.0. The van der Waals surface area contributed by atoms with E-state index in [4.69, 9.17) is 9.84 Å². The molecule has 2 aromatic carbocycles. The van der Waals surface area contributed by atoms with Gasteiger partial charge >= 0.3 is 0 Å². The lowest BCUT2D eigenvalue weighted by Crippen LogP contribution is -2.07. The fraction of sp³-hybridized carbons (Fsp3) is 0.158. The minimum Gasteiger partial charge on any atom is -0.484 e. The first-order valence-electron chi connectivity index (χ1n) is 7.70. The van der Waals surface area contributed by atoms with Crippen LogP contribution in [-0.2, 0) is 13.2 Å². The highest BCUT2D eigenvalue weighted by Crippen LogP contribution is 2.23. The molecule has 3 rings (SSSR count). The van der Waals surface area contributed by atoms with Crippen LogP contribution < -0.4 is 4.74 Å². The number of hydrogen-bond donors (Lipinski definition) is 1. The first-order chi connectivity index (χ1) is 12.1. The van der Waals surface area contributed by atoms with Crippen LogP contribution in [0, 0.1) is 24.1 Å². The van der Waals surface area contributed by atoms with Crippen LogP contribution in [0.1, 0.15) is 22.5 Å². The molecule has 1 N–H and O–H groups in total. The largest absolute Gasteiger partial charge is 0.484 e. The molecule has 3 aromatic rings. The van der Waals surface area contributed by atoms with Crippen LogP contribution in [0.4, 0.5) is 4.39 Å². The lowest BCUT2D eigenvalue weighted by Gasteiger charge is -2.11. The summed E-state index contributed by atoms with van der Waals surface area (Å²) in [6.07, 6.45) is 0. The molecule has 1 heterocycles. The number of para-hydroxylation sites is 1. The van der Waals surface area contributed by atoms with Gasteiger partial charge in [0.25, 0.3) is 0 Å². The molecule has 0 amide bonds. The molecule has 0 spiro atoms. The first kappa shape index (κ1) is 16.7. The maximum atomic E-state index is 14.0. The zero-order valence-corrected chi connectivity index (χ0v) is 13.6. The SMILES string of the molecule is Cc1nn(-c2ccccc2)c(COc2ccc(CO)cc2F)c1C#N. The average Bonchev–Trinajstić information content (AvgIpc) is 2.96. The number of halogens is 1. The second-order valence-electron chi connectivity index (χ2n) is 5.48. The maximum Gasteiger partial charge on any atom is 0.165 e. The Hall–Kier alpha value is -3.17. The van der Waals surface area contributed by atoms with Gasteiger partial charge in [0.2, 0.25) is 0 Å². The third kappa shape index (κ3) is 3.37.